The Balaban J connectivity index is 5.10. The highest BCUT2D eigenvalue weighted by molar-refractivity contribution is 5.32. The van der Waals surface area contributed by atoms with Crippen LogP contribution in [0.15, 0.2) is 97.9 Å². The third kappa shape index (κ3) is 7.22. The first-order valence-corrected chi connectivity index (χ1v) is 6.55. The van der Waals surface area contributed by atoms with Gasteiger partial charge in [0, 0.05) is 0 Å². The molecule has 0 saturated heterocycles. The lowest BCUT2D eigenvalue weighted by Gasteiger charge is -2.13. The van der Waals surface area contributed by atoms with Gasteiger partial charge in [0.1, 0.15) is 5.76 Å². The quantitative estimate of drug-likeness (QED) is 0.426. The maximum Gasteiger partial charge on any atom is 0.115 e. The summed E-state index contributed by atoms with van der Waals surface area (Å²) in [6, 6.07) is 0. The van der Waals surface area contributed by atoms with Crippen LogP contribution in [0.25, 0.3) is 0 Å². The number of aliphatic hydroxyl groups is 1. The maximum absolute atomic E-state index is 9.69. The summed E-state index contributed by atoms with van der Waals surface area (Å²) in [4.78, 5) is 0. The summed E-state index contributed by atoms with van der Waals surface area (Å²) in [6.07, 6.45) is 16.8. The molecule has 20 heavy (non-hydrogen) atoms. The number of allylic oxidation sites excluding steroid dienone is 11. The van der Waals surface area contributed by atoms with Gasteiger partial charge in [-0.3, -0.25) is 0 Å². The molecule has 0 saturated carbocycles. The van der Waals surface area contributed by atoms with Crippen molar-refractivity contribution in [1.82, 2.24) is 0 Å². The first-order valence-electron chi connectivity index (χ1n) is 6.55. The number of aliphatic hydroxyl groups excluding tert-OH is 1. The zero-order chi connectivity index (χ0) is 15.4. The fourth-order valence-electron chi connectivity index (χ4n) is 1.75. The molecule has 0 radical (unpaired) electrons. The summed E-state index contributed by atoms with van der Waals surface area (Å²) in [5.41, 5.74) is 2.12. The van der Waals surface area contributed by atoms with E-state index in [1.54, 1.807) is 36.5 Å². The van der Waals surface area contributed by atoms with Gasteiger partial charge in [-0.1, -0.05) is 75.8 Å². The summed E-state index contributed by atoms with van der Waals surface area (Å²) < 4.78 is 0. The Kier molecular flexibility index (Phi) is 9.41. The van der Waals surface area contributed by atoms with Crippen molar-refractivity contribution >= 4 is 0 Å². The summed E-state index contributed by atoms with van der Waals surface area (Å²) >= 11 is 0. The summed E-state index contributed by atoms with van der Waals surface area (Å²) in [7, 11) is 0. The molecule has 1 nitrogen and oxygen atoms in total. The van der Waals surface area contributed by atoms with Gasteiger partial charge in [-0.15, -0.1) is 0 Å². The lowest BCUT2D eigenvalue weighted by Crippen LogP contribution is -1.99. The van der Waals surface area contributed by atoms with Crippen LogP contribution in [-0.4, -0.2) is 5.11 Å². The van der Waals surface area contributed by atoms with Crippen molar-refractivity contribution in [2.75, 3.05) is 0 Å². The molecule has 1 atom stereocenters. The minimum atomic E-state index is 0.178. The van der Waals surface area contributed by atoms with Gasteiger partial charge < -0.3 is 5.11 Å². The molecule has 0 aromatic rings. The third-order valence-electron chi connectivity index (χ3n) is 2.73. The molecule has 0 heterocycles. The number of hydrogen-bond donors (Lipinski definition) is 1. The van der Waals surface area contributed by atoms with Crippen molar-refractivity contribution in [3.8, 4) is 0 Å². The Morgan fingerprint density at radius 1 is 1.05 bits per heavy atom. The molecule has 106 valence electrons. The second kappa shape index (κ2) is 10.6. The topological polar surface area (TPSA) is 20.2 Å². The van der Waals surface area contributed by atoms with Crippen LogP contribution in [0, 0.1) is 5.92 Å². The van der Waals surface area contributed by atoms with E-state index in [0.717, 1.165) is 17.6 Å². The Morgan fingerprint density at radius 2 is 1.70 bits per heavy atom. The zero-order valence-corrected chi connectivity index (χ0v) is 12.3. The normalized spacial score (nSPS) is 14.9. The highest BCUT2D eigenvalue weighted by atomic mass is 16.3. The predicted octanol–water partition coefficient (Wildman–Crippen LogP) is 5.61. The van der Waals surface area contributed by atoms with E-state index in [2.05, 4.69) is 33.2 Å². The molecule has 0 rings (SSSR count). The predicted molar refractivity (Wildman–Crippen MR) is 90.6 cm³/mol. The molecule has 0 spiro atoms. The van der Waals surface area contributed by atoms with Crippen molar-refractivity contribution in [3.63, 3.8) is 0 Å². The lowest BCUT2D eigenvalue weighted by atomic mass is 9.92. The number of rotatable bonds is 9. The largest absolute Gasteiger partial charge is 0.508 e. The molecular formula is C19H24O. The van der Waals surface area contributed by atoms with Gasteiger partial charge in [-0.2, -0.15) is 0 Å². The van der Waals surface area contributed by atoms with Crippen LogP contribution in [0.3, 0.4) is 0 Å². The average molecular weight is 268 g/mol. The van der Waals surface area contributed by atoms with Gasteiger partial charge in [0.2, 0.25) is 0 Å². The van der Waals surface area contributed by atoms with E-state index >= 15 is 0 Å². The van der Waals surface area contributed by atoms with E-state index in [1.165, 1.54) is 0 Å². The molecule has 0 bridgehead atoms. The lowest BCUT2D eigenvalue weighted by molar-refractivity contribution is 0.431. The summed E-state index contributed by atoms with van der Waals surface area (Å²) in [5, 5.41) is 9.69. The Labute approximate surface area is 123 Å². The van der Waals surface area contributed by atoms with Gasteiger partial charge in [0.25, 0.3) is 0 Å². The van der Waals surface area contributed by atoms with E-state index in [9.17, 15) is 5.11 Å². The van der Waals surface area contributed by atoms with Crippen molar-refractivity contribution in [3.05, 3.63) is 97.9 Å². The van der Waals surface area contributed by atoms with E-state index in [-0.39, 0.29) is 11.7 Å². The minimum Gasteiger partial charge on any atom is -0.508 e. The van der Waals surface area contributed by atoms with Crippen molar-refractivity contribution in [1.29, 1.82) is 0 Å². The van der Waals surface area contributed by atoms with E-state index in [4.69, 9.17) is 0 Å². The van der Waals surface area contributed by atoms with Crippen LogP contribution >= 0.6 is 0 Å². The van der Waals surface area contributed by atoms with Crippen LogP contribution in [-0.2, 0) is 0 Å². The van der Waals surface area contributed by atoms with Gasteiger partial charge >= 0.3 is 0 Å². The van der Waals surface area contributed by atoms with Crippen molar-refractivity contribution < 1.29 is 5.11 Å². The van der Waals surface area contributed by atoms with Gasteiger partial charge in [-0.05, 0) is 35.6 Å². The Hall–Kier alpha value is -2.28. The van der Waals surface area contributed by atoms with Gasteiger partial charge in [0.15, 0.2) is 0 Å². The molecule has 0 aromatic carbocycles. The Bertz CT molecular complexity index is 470. The highest BCUT2D eigenvalue weighted by Gasteiger charge is 2.08. The summed E-state index contributed by atoms with van der Waals surface area (Å²) in [6.45, 7) is 16.8. The van der Waals surface area contributed by atoms with E-state index in [0.29, 0.717) is 0 Å². The first-order chi connectivity index (χ1) is 9.58. The second-order valence-corrected chi connectivity index (χ2v) is 4.35. The maximum atomic E-state index is 9.69. The molecule has 0 aromatic heterocycles. The van der Waals surface area contributed by atoms with Crippen molar-refractivity contribution in [2.45, 2.75) is 13.3 Å². The van der Waals surface area contributed by atoms with E-state index < -0.39 is 0 Å². The van der Waals surface area contributed by atoms with Crippen LogP contribution in [0.4, 0.5) is 0 Å². The molecule has 0 aliphatic carbocycles. The summed E-state index contributed by atoms with van der Waals surface area (Å²) in [5.74, 6) is 0.408. The molecule has 0 amide bonds. The standard InChI is InChI=1S/C19H24O/c1-6-10-13-17(11-7-2)14-16(5)18(9-4)15-19(20)12-8-3/h6-13,15-16,20H,1-4,14H2,5H3/b13-10-,17-11+,18-15+,19-12+. The number of hydrogen-bond acceptors (Lipinski definition) is 1. The zero-order valence-electron chi connectivity index (χ0n) is 12.3. The van der Waals surface area contributed by atoms with Crippen LogP contribution in [0.1, 0.15) is 13.3 Å². The molecule has 1 heteroatoms. The van der Waals surface area contributed by atoms with Crippen LogP contribution in [0.5, 0.6) is 0 Å². The highest BCUT2D eigenvalue weighted by Crippen LogP contribution is 2.22. The second-order valence-electron chi connectivity index (χ2n) is 4.35. The van der Waals surface area contributed by atoms with Crippen molar-refractivity contribution in [2.24, 2.45) is 5.92 Å². The molecule has 1 N–H and O–H groups in total. The molecular weight excluding hydrogens is 244 g/mol. The van der Waals surface area contributed by atoms with Crippen LogP contribution in [0.2, 0.25) is 0 Å². The smallest absolute Gasteiger partial charge is 0.115 e. The molecule has 1 unspecified atom stereocenters. The van der Waals surface area contributed by atoms with Crippen LogP contribution < -0.4 is 0 Å². The molecule has 0 aliphatic heterocycles. The fourth-order valence-corrected chi connectivity index (χ4v) is 1.75. The van der Waals surface area contributed by atoms with E-state index in [1.807, 2.05) is 18.2 Å². The minimum absolute atomic E-state index is 0.178. The SMILES string of the molecule is C=C/C=C\C(=C/C=C)CC(C)/C(C=C)=C/C(O)=C\C=C. The van der Waals surface area contributed by atoms with Gasteiger partial charge in [0.05, 0.1) is 0 Å². The molecule has 0 fully saturated rings. The van der Waals surface area contributed by atoms with Gasteiger partial charge in [-0.25, -0.2) is 0 Å². The third-order valence-corrected chi connectivity index (χ3v) is 2.73. The molecule has 0 aliphatic rings. The fraction of sp³-hybridized carbons (Fsp3) is 0.158. The Morgan fingerprint density at radius 3 is 2.20 bits per heavy atom. The monoisotopic (exact) mass is 268 g/mol. The first kappa shape index (κ1) is 17.7. The average Bonchev–Trinajstić information content (AvgIpc) is 2.42.